The van der Waals surface area contributed by atoms with Crippen molar-refractivity contribution in [3.8, 4) is 17.2 Å². The average molecular weight is 397 g/mol. The molecule has 0 saturated carbocycles. The Balaban J connectivity index is 2.17. The lowest BCUT2D eigenvalue weighted by atomic mass is 10.2. The molecule has 26 heavy (non-hydrogen) atoms. The van der Waals surface area contributed by atoms with Crippen LogP contribution >= 0.6 is 23.2 Å². The number of hydrogen-bond acceptors (Lipinski definition) is 5. The number of nitrogens with zero attached hydrogens (tertiary/aromatic N) is 1. The Morgan fingerprint density at radius 2 is 1.88 bits per heavy atom. The van der Waals surface area contributed by atoms with Crippen molar-refractivity contribution in [3.63, 3.8) is 0 Å². The second-order valence-electron chi connectivity index (χ2n) is 5.65. The predicted molar refractivity (Wildman–Crippen MR) is 108 cm³/mol. The minimum absolute atomic E-state index is 0.00675. The lowest BCUT2D eigenvalue weighted by Gasteiger charge is -2.16. The van der Waals surface area contributed by atoms with Gasteiger partial charge in [0.05, 0.1) is 41.8 Å². The Kier molecular flexibility index (Phi) is 7.42. The maximum absolute atomic E-state index is 6.35. The molecule has 0 saturated heterocycles. The fraction of sp³-hybridized carbons (Fsp3) is 0.316. The van der Waals surface area contributed by atoms with Gasteiger partial charge in [-0.2, -0.15) is 5.10 Å². The Hall–Kier alpha value is -2.11. The van der Waals surface area contributed by atoms with E-state index in [2.05, 4.69) is 10.5 Å². The van der Waals surface area contributed by atoms with Crippen LogP contribution in [0.15, 0.2) is 35.4 Å². The van der Waals surface area contributed by atoms with Gasteiger partial charge in [0.2, 0.25) is 0 Å². The predicted octanol–water partition coefficient (Wildman–Crippen LogP) is 5.63. The van der Waals surface area contributed by atoms with E-state index in [1.165, 1.54) is 0 Å². The molecular formula is C19H22Cl2N2O3. The van der Waals surface area contributed by atoms with Crippen LogP contribution in [0.25, 0.3) is 0 Å². The second kappa shape index (κ2) is 9.55. The van der Waals surface area contributed by atoms with Crippen LogP contribution in [0.5, 0.6) is 17.2 Å². The fourth-order valence-electron chi connectivity index (χ4n) is 2.19. The minimum Gasteiger partial charge on any atom is -0.495 e. The molecular weight excluding hydrogens is 375 g/mol. The normalized spacial score (nSPS) is 11.0. The summed E-state index contributed by atoms with van der Waals surface area (Å²) in [4.78, 5) is 0. The van der Waals surface area contributed by atoms with E-state index >= 15 is 0 Å². The molecule has 0 aliphatic heterocycles. The zero-order valence-corrected chi connectivity index (χ0v) is 16.7. The molecule has 2 aromatic carbocycles. The number of hydrogen-bond donors (Lipinski definition) is 1. The van der Waals surface area contributed by atoms with E-state index in [0.717, 1.165) is 11.3 Å². The Morgan fingerprint density at radius 3 is 2.50 bits per heavy atom. The van der Waals surface area contributed by atoms with Crippen molar-refractivity contribution in [1.82, 2.24) is 0 Å². The molecule has 0 heterocycles. The van der Waals surface area contributed by atoms with Gasteiger partial charge in [-0.05, 0) is 56.7 Å². The fourth-order valence-corrected chi connectivity index (χ4v) is 2.71. The molecule has 0 unspecified atom stereocenters. The van der Waals surface area contributed by atoms with Crippen molar-refractivity contribution in [2.75, 3.05) is 19.1 Å². The van der Waals surface area contributed by atoms with E-state index in [-0.39, 0.29) is 6.10 Å². The van der Waals surface area contributed by atoms with Gasteiger partial charge in [-0.1, -0.05) is 23.2 Å². The smallest absolute Gasteiger partial charge is 0.180 e. The summed E-state index contributed by atoms with van der Waals surface area (Å²) in [5.74, 6) is 1.73. The number of rotatable bonds is 8. The van der Waals surface area contributed by atoms with Crippen molar-refractivity contribution in [2.24, 2.45) is 5.10 Å². The highest BCUT2D eigenvalue weighted by molar-refractivity contribution is 6.32. The van der Waals surface area contributed by atoms with Crippen LogP contribution in [-0.2, 0) is 0 Å². The number of halogens is 2. The van der Waals surface area contributed by atoms with Crippen molar-refractivity contribution in [2.45, 2.75) is 26.9 Å². The van der Waals surface area contributed by atoms with Crippen LogP contribution in [0.3, 0.4) is 0 Å². The first-order valence-electron chi connectivity index (χ1n) is 8.20. The van der Waals surface area contributed by atoms with Gasteiger partial charge in [0.25, 0.3) is 0 Å². The van der Waals surface area contributed by atoms with Crippen molar-refractivity contribution < 1.29 is 14.2 Å². The maximum atomic E-state index is 6.35. The van der Waals surface area contributed by atoms with E-state index < -0.39 is 0 Å². The number of ether oxygens (including phenoxy) is 3. The first kappa shape index (κ1) is 20.2. The summed E-state index contributed by atoms with van der Waals surface area (Å²) in [5, 5.41) is 5.19. The molecule has 0 fully saturated rings. The molecule has 140 valence electrons. The highest BCUT2D eigenvalue weighted by Crippen LogP contribution is 2.37. The number of methoxy groups -OCH3 is 1. The molecule has 0 aliphatic carbocycles. The zero-order chi connectivity index (χ0) is 19.1. The van der Waals surface area contributed by atoms with Gasteiger partial charge < -0.3 is 14.2 Å². The van der Waals surface area contributed by atoms with Gasteiger partial charge >= 0.3 is 0 Å². The second-order valence-corrected chi connectivity index (χ2v) is 6.46. The molecule has 0 amide bonds. The number of anilines is 1. The van der Waals surface area contributed by atoms with Gasteiger partial charge in [0, 0.05) is 0 Å². The highest BCUT2D eigenvalue weighted by atomic mass is 35.5. The quantitative estimate of drug-likeness (QED) is 0.463. The molecule has 1 N–H and O–H groups in total. The zero-order valence-electron chi connectivity index (χ0n) is 15.2. The number of nitrogens with one attached hydrogen (secondary N) is 1. The van der Waals surface area contributed by atoms with Gasteiger partial charge in [-0.15, -0.1) is 0 Å². The molecule has 0 aliphatic rings. The topological polar surface area (TPSA) is 52.1 Å². The lowest BCUT2D eigenvalue weighted by Crippen LogP contribution is -2.08. The maximum Gasteiger partial charge on any atom is 0.180 e. The van der Waals surface area contributed by atoms with Gasteiger partial charge in [-0.3, -0.25) is 5.43 Å². The van der Waals surface area contributed by atoms with Crippen molar-refractivity contribution in [1.29, 1.82) is 0 Å². The summed E-state index contributed by atoms with van der Waals surface area (Å²) in [6.07, 6.45) is 1.64. The third-order valence-electron chi connectivity index (χ3n) is 3.24. The van der Waals surface area contributed by atoms with Gasteiger partial charge in [-0.25, -0.2) is 0 Å². The molecule has 0 bridgehead atoms. The van der Waals surface area contributed by atoms with Crippen LogP contribution in [0.1, 0.15) is 26.3 Å². The van der Waals surface area contributed by atoms with Crippen molar-refractivity contribution in [3.05, 3.63) is 45.9 Å². The third-order valence-corrected chi connectivity index (χ3v) is 3.82. The van der Waals surface area contributed by atoms with E-state index in [1.807, 2.05) is 32.9 Å². The molecule has 0 aromatic heterocycles. The van der Waals surface area contributed by atoms with E-state index in [9.17, 15) is 0 Å². The molecule has 0 radical (unpaired) electrons. The summed E-state index contributed by atoms with van der Waals surface area (Å²) in [6.45, 7) is 6.29. The summed E-state index contributed by atoms with van der Waals surface area (Å²) < 4.78 is 16.5. The largest absolute Gasteiger partial charge is 0.495 e. The Labute approximate surface area is 163 Å². The van der Waals surface area contributed by atoms with Crippen molar-refractivity contribution >= 4 is 35.1 Å². The summed E-state index contributed by atoms with van der Waals surface area (Å²) in [5.41, 5.74) is 4.44. The molecule has 2 rings (SSSR count). The highest BCUT2D eigenvalue weighted by Gasteiger charge is 2.13. The molecule has 0 atom stereocenters. The van der Waals surface area contributed by atoms with Crippen LogP contribution in [-0.4, -0.2) is 26.0 Å². The molecule has 2 aromatic rings. The molecule has 5 nitrogen and oxygen atoms in total. The summed E-state index contributed by atoms with van der Waals surface area (Å²) in [7, 11) is 1.57. The first-order chi connectivity index (χ1) is 12.4. The average Bonchev–Trinajstić information content (AvgIpc) is 2.58. The molecule has 7 heteroatoms. The standard InChI is InChI=1S/C19H22Cl2N2O3/c1-5-25-18-9-13(8-16(21)19(18)26-12(2)3)11-22-23-14-6-7-17(24-4)15(20)10-14/h6-12,23H,5H2,1-4H3/b22-11+. The lowest BCUT2D eigenvalue weighted by molar-refractivity contribution is 0.224. The van der Waals surface area contributed by atoms with E-state index in [1.54, 1.807) is 31.5 Å². The number of benzene rings is 2. The Morgan fingerprint density at radius 1 is 1.12 bits per heavy atom. The number of hydrazone groups is 1. The third kappa shape index (κ3) is 5.44. The van der Waals surface area contributed by atoms with Crippen LogP contribution in [0.2, 0.25) is 10.0 Å². The van der Waals surface area contributed by atoms with Gasteiger partial charge in [0.15, 0.2) is 11.5 Å². The molecule has 0 spiro atoms. The van der Waals surface area contributed by atoms with E-state index in [4.69, 9.17) is 37.4 Å². The SMILES string of the molecule is CCOc1cc(/C=N/Nc2ccc(OC)c(Cl)c2)cc(Cl)c1OC(C)C. The first-order valence-corrected chi connectivity index (χ1v) is 8.95. The van der Waals surface area contributed by atoms with Crippen LogP contribution in [0, 0.1) is 0 Å². The summed E-state index contributed by atoms with van der Waals surface area (Å²) in [6, 6.07) is 8.92. The van der Waals surface area contributed by atoms with Gasteiger partial charge in [0.1, 0.15) is 5.75 Å². The van der Waals surface area contributed by atoms with E-state index in [0.29, 0.717) is 33.9 Å². The monoisotopic (exact) mass is 396 g/mol. The van der Waals surface area contributed by atoms with Crippen LogP contribution in [0.4, 0.5) is 5.69 Å². The Bertz CT molecular complexity index is 780. The van der Waals surface area contributed by atoms with Crippen LogP contribution < -0.4 is 19.6 Å². The summed E-state index contributed by atoms with van der Waals surface area (Å²) >= 11 is 12.4. The minimum atomic E-state index is -0.00675.